The van der Waals surface area contributed by atoms with E-state index in [2.05, 4.69) is 11.9 Å². The summed E-state index contributed by atoms with van der Waals surface area (Å²) in [5, 5.41) is 1.19. The van der Waals surface area contributed by atoms with Gasteiger partial charge in [0, 0.05) is 24.4 Å². The van der Waals surface area contributed by atoms with Gasteiger partial charge in [0.15, 0.2) is 0 Å². The van der Waals surface area contributed by atoms with Gasteiger partial charge in [0.2, 0.25) is 0 Å². The van der Waals surface area contributed by atoms with E-state index in [-0.39, 0.29) is 6.04 Å². The van der Waals surface area contributed by atoms with Crippen molar-refractivity contribution >= 4 is 35.0 Å². The van der Waals surface area contributed by atoms with Crippen molar-refractivity contribution in [2.24, 2.45) is 5.73 Å². The lowest BCUT2D eigenvalue weighted by Gasteiger charge is -2.32. The summed E-state index contributed by atoms with van der Waals surface area (Å²) in [6.45, 7) is 0.593. The Hall–Kier alpha value is 0.0700. The quantitative estimate of drug-likeness (QED) is 0.924. The van der Waals surface area contributed by atoms with Crippen LogP contribution < -0.4 is 5.73 Å². The molecule has 2 rings (SSSR count). The summed E-state index contributed by atoms with van der Waals surface area (Å²) in [5.41, 5.74) is 7.08. The number of likely N-dealkylation sites (N-methyl/N-ethyl adjacent to an activating group) is 1. The molecule has 1 aliphatic rings. The fourth-order valence-electron chi connectivity index (χ4n) is 2.35. The number of thioether (sulfide) groups is 1. The van der Waals surface area contributed by atoms with Crippen LogP contribution in [0.25, 0.3) is 0 Å². The Morgan fingerprint density at radius 3 is 2.78 bits per heavy atom. The van der Waals surface area contributed by atoms with Crippen molar-refractivity contribution in [3.05, 3.63) is 33.8 Å². The van der Waals surface area contributed by atoms with Crippen LogP contribution in [0.1, 0.15) is 18.0 Å². The molecule has 1 aliphatic heterocycles. The Morgan fingerprint density at radius 2 is 2.22 bits per heavy atom. The molecule has 0 bridgehead atoms. The first-order valence-corrected chi connectivity index (χ1v) is 7.99. The lowest BCUT2D eigenvalue weighted by Crippen LogP contribution is -2.38. The van der Waals surface area contributed by atoms with Crippen molar-refractivity contribution in [2.75, 3.05) is 25.1 Å². The van der Waals surface area contributed by atoms with Crippen LogP contribution in [-0.4, -0.2) is 36.0 Å². The van der Waals surface area contributed by atoms with Crippen molar-refractivity contribution in [1.82, 2.24) is 4.90 Å². The molecule has 18 heavy (non-hydrogen) atoms. The summed E-state index contributed by atoms with van der Waals surface area (Å²) in [7, 11) is 2.15. The van der Waals surface area contributed by atoms with E-state index in [0.717, 1.165) is 5.56 Å². The second-order valence-corrected chi connectivity index (χ2v) is 6.57. The van der Waals surface area contributed by atoms with Crippen LogP contribution in [-0.2, 0) is 0 Å². The second-order valence-electron chi connectivity index (χ2n) is 4.61. The molecular formula is C13H18Cl2N2S. The number of rotatable bonds is 4. The van der Waals surface area contributed by atoms with Crippen LogP contribution >= 0.6 is 35.0 Å². The zero-order valence-corrected chi connectivity index (χ0v) is 12.7. The van der Waals surface area contributed by atoms with Crippen LogP contribution in [0.15, 0.2) is 18.2 Å². The fraction of sp³-hybridized carbons (Fsp3) is 0.538. The number of nitrogens with two attached hydrogens (primary N) is 1. The summed E-state index contributed by atoms with van der Waals surface area (Å²) in [6, 6.07) is 6.62. The van der Waals surface area contributed by atoms with Gasteiger partial charge in [-0.2, -0.15) is 11.8 Å². The summed E-state index contributed by atoms with van der Waals surface area (Å²) in [5.74, 6) is 2.43. The monoisotopic (exact) mass is 304 g/mol. The van der Waals surface area contributed by atoms with Gasteiger partial charge in [0.05, 0.1) is 10.0 Å². The molecule has 0 spiro atoms. The van der Waals surface area contributed by atoms with Crippen molar-refractivity contribution in [3.8, 4) is 0 Å². The predicted molar refractivity (Wildman–Crippen MR) is 81.8 cm³/mol. The van der Waals surface area contributed by atoms with Gasteiger partial charge in [-0.15, -0.1) is 0 Å². The number of nitrogens with zero attached hydrogens (tertiary/aromatic N) is 1. The molecule has 2 atom stereocenters. The molecule has 2 unspecified atom stereocenters. The van der Waals surface area contributed by atoms with Crippen molar-refractivity contribution < 1.29 is 0 Å². The molecular weight excluding hydrogens is 287 g/mol. The topological polar surface area (TPSA) is 29.3 Å². The van der Waals surface area contributed by atoms with E-state index in [1.165, 1.54) is 17.9 Å². The average Bonchev–Trinajstić information content (AvgIpc) is 2.88. The Kier molecular flexibility index (Phi) is 5.22. The zero-order chi connectivity index (χ0) is 13.1. The average molecular weight is 305 g/mol. The molecule has 1 fully saturated rings. The molecule has 1 heterocycles. The van der Waals surface area contributed by atoms with Gasteiger partial charge in [-0.25, -0.2) is 0 Å². The second kappa shape index (κ2) is 6.49. The lowest BCUT2D eigenvalue weighted by atomic mass is 10.0. The van der Waals surface area contributed by atoms with Gasteiger partial charge in [-0.1, -0.05) is 29.3 Å². The third-order valence-corrected chi connectivity index (χ3v) is 5.41. The molecule has 0 amide bonds. The van der Waals surface area contributed by atoms with Gasteiger partial charge < -0.3 is 5.73 Å². The molecule has 1 saturated heterocycles. The minimum Gasteiger partial charge on any atom is -0.329 e. The van der Waals surface area contributed by atoms with Crippen LogP contribution in [0.2, 0.25) is 10.0 Å². The highest BCUT2D eigenvalue weighted by Crippen LogP contribution is 2.31. The first kappa shape index (κ1) is 14.5. The van der Waals surface area contributed by atoms with Crippen LogP contribution in [0.4, 0.5) is 0 Å². The van der Waals surface area contributed by atoms with E-state index >= 15 is 0 Å². The normalized spacial score (nSPS) is 21.5. The molecule has 0 radical (unpaired) electrons. The third-order valence-electron chi connectivity index (χ3n) is 3.52. The summed E-state index contributed by atoms with van der Waals surface area (Å²) >= 11 is 14.0. The molecule has 5 heteroatoms. The van der Waals surface area contributed by atoms with Crippen LogP contribution in [0.5, 0.6) is 0 Å². The number of hydrogen-bond donors (Lipinski definition) is 1. The minimum absolute atomic E-state index is 0.212. The van der Waals surface area contributed by atoms with Crippen molar-refractivity contribution in [1.29, 1.82) is 0 Å². The van der Waals surface area contributed by atoms with E-state index in [1.807, 2.05) is 30.0 Å². The largest absolute Gasteiger partial charge is 0.329 e. The molecule has 1 aromatic rings. The molecule has 0 saturated carbocycles. The maximum absolute atomic E-state index is 6.08. The Labute approximate surface area is 123 Å². The van der Waals surface area contributed by atoms with E-state index in [1.54, 1.807) is 0 Å². The minimum atomic E-state index is 0.212. The molecule has 0 aromatic heterocycles. The zero-order valence-electron chi connectivity index (χ0n) is 10.4. The maximum Gasteiger partial charge on any atom is 0.0595 e. The number of benzene rings is 1. The summed E-state index contributed by atoms with van der Waals surface area (Å²) in [6.07, 6.45) is 1.24. The highest BCUT2D eigenvalue weighted by Gasteiger charge is 2.26. The van der Waals surface area contributed by atoms with Gasteiger partial charge in [0.25, 0.3) is 0 Å². The van der Waals surface area contributed by atoms with Gasteiger partial charge in [-0.05, 0) is 36.9 Å². The summed E-state index contributed by atoms with van der Waals surface area (Å²) in [4.78, 5) is 2.37. The number of halogens is 2. The van der Waals surface area contributed by atoms with E-state index in [4.69, 9.17) is 28.9 Å². The Bertz CT molecular complexity index is 408. The van der Waals surface area contributed by atoms with E-state index in [9.17, 15) is 0 Å². The molecule has 0 aliphatic carbocycles. The van der Waals surface area contributed by atoms with Gasteiger partial charge in [-0.3, -0.25) is 4.90 Å². The van der Waals surface area contributed by atoms with Crippen LogP contribution in [0, 0.1) is 0 Å². The first-order valence-electron chi connectivity index (χ1n) is 6.08. The Balaban J connectivity index is 2.18. The smallest absolute Gasteiger partial charge is 0.0595 e. The van der Waals surface area contributed by atoms with E-state index in [0.29, 0.717) is 22.6 Å². The third kappa shape index (κ3) is 3.14. The summed E-state index contributed by atoms with van der Waals surface area (Å²) < 4.78 is 0. The van der Waals surface area contributed by atoms with Crippen molar-refractivity contribution in [2.45, 2.75) is 18.5 Å². The van der Waals surface area contributed by atoms with Crippen LogP contribution in [0.3, 0.4) is 0 Å². The van der Waals surface area contributed by atoms with Gasteiger partial charge in [0.1, 0.15) is 0 Å². The van der Waals surface area contributed by atoms with Gasteiger partial charge >= 0.3 is 0 Å². The molecule has 2 N–H and O–H groups in total. The van der Waals surface area contributed by atoms with E-state index < -0.39 is 0 Å². The van der Waals surface area contributed by atoms with Crippen molar-refractivity contribution in [3.63, 3.8) is 0 Å². The highest BCUT2D eigenvalue weighted by atomic mass is 35.5. The molecule has 2 nitrogen and oxygen atoms in total. The number of hydrogen-bond acceptors (Lipinski definition) is 3. The standard InChI is InChI=1S/C13H18Cl2N2S/c1-17(10-4-5-18-8-10)13(7-16)9-2-3-11(14)12(15)6-9/h2-3,6,10,13H,4-5,7-8,16H2,1H3. The predicted octanol–water partition coefficient (Wildman–Crippen LogP) is 3.43. The lowest BCUT2D eigenvalue weighted by molar-refractivity contribution is 0.193. The first-order chi connectivity index (χ1) is 8.63. The molecule has 1 aromatic carbocycles. The SMILES string of the molecule is CN(C1CCSC1)C(CN)c1ccc(Cl)c(Cl)c1. The highest BCUT2D eigenvalue weighted by molar-refractivity contribution is 7.99. The maximum atomic E-state index is 6.08. The fourth-order valence-corrected chi connectivity index (χ4v) is 3.94. The molecule has 100 valence electrons. The Morgan fingerprint density at radius 1 is 1.44 bits per heavy atom.